The average molecular weight is 335 g/mol. The smallest absolute Gasteiger partial charge is 0.270 e. The molecule has 2 saturated heterocycles. The van der Waals surface area contributed by atoms with Gasteiger partial charge in [-0.2, -0.15) is 0 Å². The first-order chi connectivity index (χ1) is 11.1. The zero-order valence-corrected chi connectivity index (χ0v) is 13.9. The second kappa shape index (κ2) is 5.87. The summed E-state index contributed by atoms with van der Waals surface area (Å²) in [6.07, 6.45) is 1.16. The van der Waals surface area contributed by atoms with E-state index in [1.807, 2.05) is 4.90 Å². The van der Waals surface area contributed by atoms with Gasteiger partial charge in [0.05, 0.1) is 18.2 Å². The Morgan fingerprint density at radius 3 is 3.00 bits per heavy atom. The first kappa shape index (κ1) is 15.1. The number of nitrogens with zero attached hydrogens (tertiary/aromatic N) is 2. The highest BCUT2D eigenvalue weighted by Gasteiger charge is 2.49. The number of hydrogen-bond donors (Lipinski definition) is 1. The van der Waals surface area contributed by atoms with Crippen molar-refractivity contribution in [2.45, 2.75) is 19.4 Å². The minimum Gasteiger partial charge on any atom is -0.376 e. The van der Waals surface area contributed by atoms with E-state index in [0.29, 0.717) is 43.1 Å². The molecule has 0 unspecified atom stereocenters. The summed E-state index contributed by atoms with van der Waals surface area (Å²) in [6.45, 7) is 4.86. The largest absolute Gasteiger partial charge is 0.376 e. The van der Waals surface area contributed by atoms with Crippen LogP contribution in [0, 0.1) is 23.7 Å². The van der Waals surface area contributed by atoms with Gasteiger partial charge in [-0.15, -0.1) is 11.3 Å². The van der Waals surface area contributed by atoms with Crippen LogP contribution in [-0.2, 0) is 9.53 Å². The molecule has 6 nitrogen and oxygen atoms in total. The lowest BCUT2D eigenvalue weighted by Crippen LogP contribution is -2.36. The van der Waals surface area contributed by atoms with E-state index in [0.717, 1.165) is 13.0 Å². The molecule has 3 fully saturated rings. The van der Waals surface area contributed by atoms with Gasteiger partial charge in [-0.05, 0) is 12.3 Å². The van der Waals surface area contributed by atoms with Crippen molar-refractivity contribution in [3.8, 4) is 0 Å². The highest BCUT2D eigenvalue weighted by Crippen LogP contribution is 2.41. The summed E-state index contributed by atoms with van der Waals surface area (Å²) >= 11 is 1.41. The maximum absolute atomic E-state index is 12.4. The number of amides is 2. The van der Waals surface area contributed by atoms with Gasteiger partial charge in [0.25, 0.3) is 5.91 Å². The normalized spacial score (nSPS) is 35.2. The number of carbonyl (C=O) groups is 2. The van der Waals surface area contributed by atoms with Crippen LogP contribution in [0.3, 0.4) is 0 Å². The molecule has 0 bridgehead atoms. The minimum atomic E-state index is -0.132. The minimum absolute atomic E-state index is 0.132. The lowest BCUT2D eigenvalue weighted by atomic mass is 9.93. The van der Waals surface area contributed by atoms with Crippen LogP contribution in [0.4, 0.5) is 0 Å². The first-order valence-corrected chi connectivity index (χ1v) is 9.14. The van der Waals surface area contributed by atoms with E-state index in [1.54, 1.807) is 10.9 Å². The highest BCUT2D eigenvalue weighted by molar-refractivity contribution is 7.07. The molecule has 3 aliphatic rings. The van der Waals surface area contributed by atoms with Crippen molar-refractivity contribution in [1.82, 2.24) is 15.2 Å². The Morgan fingerprint density at radius 1 is 1.48 bits per heavy atom. The highest BCUT2D eigenvalue weighted by atomic mass is 32.1. The Labute approximate surface area is 139 Å². The van der Waals surface area contributed by atoms with Crippen molar-refractivity contribution in [1.29, 1.82) is 0 Å². The molecule has 0 aromatic carbocycles. The third kappa shape index (κ3) is 2.87. The van der Waals surface area contributed by atoms with Crippen LogP contribution in [0.25, 0.3) is 0 Å². The van der Waals surface area contributed by atoms with Gasteiger partial charge >= 0.3 is 0 Å². The van der Waals surface area contributed by atoms with Crippen molar-refractivity contribution < 1.29 is 14.3 Å². The summed E-state index contributed by atoms with van der Waals surface area (Å²) in [7, 11) is 0. The summed E-state index contributed by atoms with van der Waals surface area (Å²) in [5.74, 6) is 1.54. The Balaban J connectivity index is 1.31. The SMILES string of the molecule is C[C@@H]1C[C@H]1C(=O)N1C[C@@H]2[C@@H](CNC(=O)c3cscn3)CO[C@@H]2C1. The van der Waals surface area contributed by atoms with Crippen molar-refractivity contribution in [3.63, 3.8) is 0 Å². The first-order valence-electron chi connectivity index (χ1n) is 8.20. The predicted molar refractivity (Wildman–Crippen MR) is 85.0 cm³/mol. The van der Waals surface area contributed by atoms with Gasteiger partial charge in [0.15, 0.2) is 0 Å². The molecule has 0 radical (unpaired) electrons. The number of nitrogens with one attached hydrogen (secondary N) is 1. The van der Waals surface area contributed by atoms with E-state index in [-0.39, 0.29) is 23.8 Å². The average Bonchev–Trinajstić information content (AvgIpc) is 2.99. The van der Waals surface area contributed by atoms with Crippen molar-refractivity contribution >= 4 is 23.2 Å². The van der Waals surface area contributed by atoms with Crippen LogP contribution < -0.4 is 5.32 Å². The molecule has 124 valence electrons. The third-order valence-corrected chi connectivity index (χ3v) is 5.95. The Morgan fingerprint density at radius 2 is 2.30 bits per heavy atom. The fourth-order valence-corrected chi connectivity index (χ4v) is 4.26. The van der Waals surface area contributed by atoms with Gasteiger partial charge in [-0.1, -0.05) is 6.92 Å². The van der Waals surface area contributed by atoms with Crippen LogP contribution >= 0.6 is 11.3 Å². The summed E-state index contributed by atoms with van der Waals surface area (Å²) in [4.78, 5) is 30.3. The molecule has 0 spiro atoms. The molecule has 1 aliphatic carbocycles. The molecule has 4 rings (SSSR count). The summed E-state index contributed by atoms with van der Waals surface area (Å²) < 4.78 is 5.86. The number of rotatable bonds is 4. The van der Waals surface area contributed by atoms with Gasteiger partial charge in [-0.25, -0.2) is 4.98 Å². The molecule has 1 aromatic heterocycles. The number of fused-ring (bicyclic) bond motifs is 1. The maximum atomic E-state index is 12.4. The number of aromatic nitrogens is 1. The quantitative estimate of drug-likeness (QED) is 0.891. The summed E-state index contributed by atoms with van der Waals surface area (Å²) in [5.41, 5.74) is 2.12. The molecule has 2 aliphatic heterocycles. The second-order valence-electron chi connectivity index (χ2n) is 6.94. The van der Waals surface area contributed by atoms with Crippen molar-refractivity contribution in [3.05, 3.63) is 16.6 Å². The lowest BCUT2D eigenvalue weighted by molar-refractivity contribution is -0.132. The van der Waals surface area contributed by atoms with Gasteiger partial charge in [0, 0.05) is 42.8 Å². The topological polar surface area (TPSA) is 71.5 Å². The van der Waals surface area contributed by atoms with Crippen molar-refractivity contribution in [2.24, 2.45) is 23.7 Å². The molecule has 1 N–H and O–H groups in total. The number of carbonyl (C=O) groups excluding carboxylic acids is 2. The molecule has 5 atom stereocenters. The van der Waals surface area contributed by atoms with Crippen LogP contribution in [0.15, 0.2) is 10.9 Å². The van der Waals surface area contributed by atoms with Crippen molar-refractivity contribution in [2.75, 3.05) is 26.2 Å². The molecule has 1 saturated carbocycles. The molecule has 7 heteroatoms. The molecule has 1 aromatic rings. The molecule has 3 heterocycles. The van der Waals surface area contributed by atoms with Crippen LogP contribution in [0.1, 0.15) is 23.8 Å². The van der Waals surface area contributed by atoms with E-state index in [9.17, 15) is 9.59 Å². The van der Waals surface area contributed by atoms with E-state index in [1.165, 1.54) is 11.3 Å². The molecule has 23 heavy (non-hydrogen) atoms. The Kier molecular flexibility index (Phi) is 3.85. The standard InChI is InChI=1S/C16H21N3O3S/c1-9-2-11(9)16(21)19-4-12-10(6-22-14(12)5-19)3-17-15(20)13-7-23-8-18-13/h7-12,14H,2-6H2,1H3,(H,17,20)/t9-,10+,11-,12-,14-/m1/s1. The van der Waals surface area contributed by atoms with E-state index >= 15 is 0 Å². The second-order valence-corrected chi connectivity index (χ2v) is 7.66. The number of hydrogen-bond acceptors (Lipinski definition) is 5. The fraction of sp³-hybridized carbons (Fsp3) is 0.688. The molecule has 2 amide bonds. The zero-order chi connectivity index (χ0) is 16.0. The zero-order valence-electron chi connectivity index (χ0n) is 13.1. The number of thiazole rings is 1. The van der Waals surface area contributed by atoms with E-state index in [2.05, 4.69) is 17.2 Å². The predicted octanol–water partition coefficient (Wildman–Crippen LogP) is 1.00. The molecular weight excluding hydrogens is 314 g/mol. The van der Waals surface area contributed by atoms with E-state index in [4.69, 9.17) is 4.74 Å². The molecular formula is C16H21N3O3S. The number of likely N-dealkylation sites (tertiary alicyclic amines) is 1. The van der Waals surface area contributed by atoms with Gasteiger partial charge in [0.2, 0.25) is 5.91 Å². The lowest BCUT2D eigenvalue weighted by Gasteiger charge is -2.20. The summed E-state index contributed by atoms with van der Waals surface area (Å²) in [5, 5.41) is 4.69. The van der Waals surface area contributed by atoms with E-state index < -0.39 is 0 Å². The Hall–Kier alpha value is -1.47. The summed E-state index contributed by atoms with van der Waals surface area (Å²) in [6, 6.07) is 0. The fourth-order valence-electron chi connectivity index (χ4n) is 3.73. The van der Waals surface area contributed by atoms with Gasteiger partial charge < -0.3 is 15.0 Å². The van der Waals surface area contributed by atoms with Crippen LogP contribution in [0.2, 0.25) is 0 Å². The van der Waals surface area contributed by atoms with Crippen LogP contribution in [0.5, 0.6) is 0 Å². The Bertz CT molecular complexity index is 606. The van der Waals surface area contributed by atoms with Crippen LogP contribution in [-0.4, -0.2) is 54.0 Å². The van der Waals surface area contributed by atoms with Gasteiger partial charge in [0.1, 0.15) is 5.69 Å². The maximum Gasteiger partial charge on any atom is 0.270 e. The monoisotopic (exact) mass is 335 g/mol. The van der Waals surface area contributed by atoms with Gasteiger partial charge in [-0.3, -0.25) is 9.59 Å². The number of ether oxygens (including phenoxy) is 1. The third-order valence-electron chi connectivity index (χ3n) is 5.37.